The Balaban J connectivity index is 1.77. The van der Waals surface area contributed by atoms with Gasteiger partial charge in [0, 0.05) is 51.6 Å². The van der Waals surface area contributed by atoms with Crippen LogP contribution in [0, 0.1) is 16.7 Å². The van der Waals surface area contributed by atoms with Crippen molar-refractivity contribution < 1.29 is 14.6 Å². The van der Waals surface area contributed by atoms with Crippen molar-refractivity contribution in [3.63, 3.8) is 0 Å². The molecule has 2 aliphatic carbocycles. The van der Waals surface area contributed by atoms with Crippen LogP contribution in [-0.2, 0) is 23.1 Å². The molecule has 0 aliphatic heterocycles. The molecule has 0 aromatic carbocycles. The minimum Gasteiger partial charge on any atom is -0.390 e. The molecule has 1 heterocycles. The van der Waals surface area contributed by atoms with Crippen LogP contribution in [-0.4, -0.2) is 47.5 Å². The van der Waals surface area contributed by atoms with Gasteiger partial charge in [-0.15, -0.1) is 0 Å². The lowest BCUT2D eigenvalue weighted by atomic mass is 9.57. The number of rotatable bonds is 9. The van der Waals surface area contributed by atoms with E-state index in [0.29, 0.717) is 31.5 Å². The van der Waals surface area contributed by atoms with Crippen molar-refractivity contribution in [1.29, 1.82) is 0 Å². The van der Waals surface area contributed by atoms with E-state index >= 15 is 0 Å². The number of carbonyl (C=O) groups is 1. The fourth-order valence-electron chi connectivity index (χ4n) is 6.15. The monoisotopic (exact) mass is 419 g/mol. The molecule has 170 valence electrons. The van der Waals surface area contributed by atoms with Gasteiger partial charge in [0.15, 0.2) is 0 Å². The smallest absolute Gasteiger partial charge is 0.220 e. The zero-order valence-electron chi connectivity index (χ0n) is 19.5. The first kappa shape index (κ1) is 23.3. The Labute approximate surface area is 181 Å². The largest absolute Gasteiger partial charge is 0.390 e. The van der Waals surface area contributed by atoms with Gasteiger partial charge < -0.3 is 25.0 Å². The van der Waals surface area contributed by atoms with Crippen LogP contribution in [0.2, 0.25) is 0 Å². The fraction of sp³-hybridized carbons (Fsp3) is 0.792. The van der Waals surface area contributed by atoms with E-state index in [9.17, 15) is 9.90 Å². The molecule has 0 bridgehead atoms. The Hall–Kier alpha value is -1.37. The molecule has 1 amide bonds. The normalized spacial score (nSPS) is 32.7. The second-order valence-electron chi connectivity index (χ2n) is 10.6. The number of ether oxygens (including phenoxy) is 1. The molecule has 0 radical (unpaired) electrons. The highest BCUT2D eigenvalue weighted by Gasteiger charge is 2.61. The molecule has 0 saturated heterocycles. The number of nitrogens with one attached hydrogen (secondary N) is 2. The third-order valence-corrected chi connectivity index (χ3v) is 7.86. The summed E-state index contributed by atoms with van der Waals surface area (Å²) in [5.41, 5.74) is 0.823. The molecule has 0 spiro atoms. The number of nitrogens with zero attached hydrogens (tertiary/aromatic N) is 1. The number of hydrogen-bond acceptors (Lipinski definition) is 4. The van der Waals surface area contributed by atoms with Crippen molar-refractivity contribution >= 4 is 5.91 Å². The van der Waals surface area contributed by atoms with Gasteiger partial charge in [-0.1, -0.05) is 13.8 Å². The van der Waals surface area contributed by atoms with Crippen LogP contribution in [0.3, 0.4) is 0 Å². The highest BCUT2D eigenvalue weighted by molar-refractivity contribution is 5.75. The van der Waals surface area contributed by atoms with Gasteiger partial charge in [0.2, 0.25) is 5.91 Å². The number of aryl methyl sites for hydroxylation is 1. The number of carbonyl (C=O) groups excluding carboxylic acids is 1. The van der Waals surface area contributed by atoms with Crippen LogP contribution < -0.4 is 10.6 Å². The lowest BCUT2D eigenvalue weighted by molar-refractivity contribution is -0.123. The van der Waals surface area contributed by atoms with E-state index in [2.05, 4.69) is 54.4 Å². The van der Waals surface area contributed by atoms with Crippen molar-refractivity contribution in [3.8, 4) is 0 Å². The van der Waals surface area contributed by atoms with Crippen LogP contribution in [0.5, 0.6) is 0 Å². The van der Waals surface area contributed by atoms with E-state index < -0.39 is 5.60 Å². The molecule has 1 aromatic heterocycles. The maximum absolute atomic E-state index is 12.5. The second-order valence-corrected chi connectivity index (χ2v) is 10.6. The van der Waals surface area contributed by atoms with Gasteiger partial charge >= 0.3 is 0 Å². The SMILES string of the molecule is COCCNC(=O)CC[C@]12CC[C@](C)(O)C[C@H]1C(C)(C)C[C@@H]2NCc1cccn1C. The fourth-order valence-corrected chi connectivity index (χ4v) is 6.15. The molecular weight excluding hydrogens is 378 g/mol. The molecule has 0 unspecified atom stereocenters. The Morgan fingerprint density at radius 3 is 2.73 bits per heavy atom. The van der Waals surface area contributed by atoms with Crippen molar-refractivity contribution in [2.75, 3.05) is 20.3 Å². The van der Waals surface area contributed by atoms with E-state index in [-0.39, 0.29) is 16.7 Å². The molecule has 6 nitrogen and oxygen atoms in total. The van der Waals surface area contributed by atoms with Gasteiger partial charge in [-0.2, -0.15) is 0 Å². The van der Waals surface area contributed by atoms with Crippen molar-refractivity contribution in [2.45, 2.75) is 77.5 Å². The first-order chi connectivity index (χ1) is 14.1. The quantitative estimate of drug-likeness (QED) is 0.538. The summed E-state index contributed by atoms with van der Waals surface area (Å²) in [6.45, 7) is 8.59. The molecule has 6 heteroatoms. The molecule has 2 fully saturated rings. The Bertz CT molecular complexity index is 727. The Morgan fingerprint density at radius 1 is 1.30 bits per heavy atom. The van der Waals surface area contributed by atoms with Gasteiger partial charge in [-0.25, -0.2) is 0 Å². The third kappa shape index (κ3) is 4.92. The van der Waals surface area contributed by atoms with Crippen LogP contribution in [0.4, 0.5) is 0 Å². The summed E-state index contributed by atoms with van der Waals surface area (Å²) in [7, 11) is 3.73. The molecule has 2 aliphatic rings. The summed E-state index contributed by atoms with van der Waals surface area (Å²) >= 11 is 0. The van der Waals surface area contributed by atoms with Crippen LogP contribution in [0.1, 0.15) is 65.0 Å². The van der Waals surface area contributed by atoms with Crippen LogP contribution in [0.25, 0.3) is 0 Å². The average molecular weight is 420 g/mol. The van der Waals surface area contributed by atoms with E-state index in [1.165, 1.54) is 5.69 Å². The molecule has 1 aromatic rings. The van der Waals surface area contributed by atoms with E-state index in [4.69, 9.17) is 4.74 Å². The van der Waals surface area contributed by atoms with E-state index in [0.717, 1.165) is 38.6 Å². The van der Waals surface area contributed by atoms with Gasteiger partial charge in [0.05, 0.1) is 12.2 Å². The first-order valence-electron chi connectivity index (χ1n) is 11.4. The topological polar surface area (TPSA) is 75.5 Å². The third-order valence-electron chi connectivity index (χ3n) is 7.86. The Kier molecular flexibility index (Phi) is 7.00. The minimum atomic E-state index is -0.612. The first-order valence-corrected chi connectivity index (χ1v) is 11.4. The summed E-state index contributed by atoms with van der Waals surface area (Å²) in [5, 5.41) is 17.7. The molecule has 30 heavy (non-hydrogen) atoms. The lowest BCUT2D eigenvalue weighted by Crippen LogP contribution is -2.51. The highest BCUT2D eigenvalue weighted by atomic mass is 16.5. The molecule has 3 N–H and O–H groups in total. The number of amides is 1. The molecular formula is C24H41N3O3. The van der Waals surface area contributed by atoms with Crippen LogP contribution >= 0.6 is 0 Å². The van der Waals surface area contributed by atoms with Gasteiger partial charge in [-0.05, 0) is 67.9 Å². The second kappa shape index (κ2) is 9.01. The van der Waals surface area contributed by atoms with Crippen molar-refractivity contribution in [3.05, 3.63) is 24.0 Å². The zero-order valence-corrected chi connectivity index (χ0v) is 19.5. The van der Waals surface area contributed by atoms with E-state index in [1.54, 1.807) is 7.11 Å². The number of aliphatic hydroxyl groups is 1. The summed E-state index contributed by atoms with van der Waals surface area (Å²) in [6, 6.07) is 4.58. The van der Waals surface area contributed by atoms with Crippen molar-refractivity contribution in [1.82, 2.24) is 15.2 Å². The maximum atomic E-state index is 12.5. The van der Waals surface area contributed by atoms with Gasteiger partial charge in [0.1, 0.15) is 0 Å². The summed E-state index contributed by atoms with van der Waals surface area (Å²) in [4.78, 5) is 12.5. The standard InChI is InChI=1S/C24H41N3O3/c1-22(2)16-20(26-17-18-7-6-13-27(18)4)24(9-8-21(28)25-12-14-30-5)11-10-23(3,29)15-19(22)24/h6-7,13,19-20,26,29H,8-12,14-17H2,1-5H3,(H,25,28)/t19-,20-,23-,24-/m0/s1. The summed E-state index contributed by atoms with van der Waals surface area (Å²) < 4.78 is 7.20. The molecule has 2 saturated carbocycles. The number of fused-ring (bicyclic) bond motifs is 1. The number of hydrogen-bond donors (Lipinski definition) is 3. The lowest BCUT2D eigenvalue weighted by Gasteiger charge is -2.51. The summed E-state index contributed by atoms with van der Waals surface area (Å²) in [5.74, 6) is 0.495. The zero-order chi connectivity index (χ0) is 22.0. The predicted octanol–water partition coefficient (Wildman–Crippen LogP) is 2.99. The minimum absolute atomic E-state index is 0.0372. The molecule has 4 atom stereocenters. The Morgan fingerprint density at radius 2 is 2.07 bits per heavy atom. The van der Waals surface area contributed by atoms with Crippen LogP contribution in [0.15, 0.2) is 18.3 Å². The van der Waals surface area contributed by atoms with Gasteiger partial charge in [0.25, 0.3) is 0 Å². The summed E-state index contributed by atoms with van der Waals surface area (Å²) in [6.07, 6.45) is 7.12. The highest BCUT2D eigenvalue weighted by Crippen LogP contribution is 2.63. The van der Waals surface area contributed by atoms with Crippen molar-refractivity contribution in [2.24, 2.45) is 23.8 Å². The van der Waals surface area contributed by atoms with Gasteiger partial charge in [-0.3, -0.25) is 4.79 Å². The average Bonchev–Trinajstić information content (AvgIpc) is 3.17. The maximum Gasteiger partial charge on any atom is 0.220 e. The predicted molar refractivity (Wildman–Crippen MR) is 119 cm³/mol. The number of methoxy groups -OCH3 is 1. The van der Waals surface area contributed by atoms with E-state index in [1.807, 2.05) is 6.92 Å². The molecule has 3 rings (SSSR count). The number of aromatic nitrogens is 1.